The number of nitrogens with one attached hydrogen (secondary N) is 2. The maximum atomic E-state index is 5.46. The molecule has 2 aliphatic rings. The normalized spacial score (nSPS) is 11.5. The zero-order valence-corrected chi connectivity index (χ0v) is 37.3. The van der Waals surface area contributed by atoms with Crippen LogP contribution in [0.15, 0.2) is 74.4 Å². The number of halogens is 4. The molecule has 9 heterocycles. The zero-order chi connectivity index (χ0) is 38.2. The maximum absolute atomic E-state index is 5.46. The predicted octanol–water partition coefficient (Wildman–Crippen LogP) is 11.4. The van der Waals surface area contributed by atoms with Crippen LogP contribution in [0.2, 0.25) is 0 Å². The maximum Gasteiger partial charge on any atom is 0.0950 e. The second-order valence-electron chi connectivity index (χ2n) is 14.4. The summed E-state index contributed by atoms with van der Waals surface area (Å²) in [5.74, 6) is 0. The average Bonchev–Trinajstić information content (AvgIpc) is 4.04. The monoisotopic (exact) mass is 886 g/mol. The van der Waals surface area contributed by atoms with E-state index in [1.54, 1.807) is 0 Å². The summed E-state index contributed by atoms with van der Waals surface area (Å²) in [7, 11) is 0. The largest absolute Gasteiger partial charge is 0.354 e. The van der Waals surface area contributed by atoms with Crippen molar-refractivity contribution in [3.8, 4) is 45.0 Å². The fourth-order valence-corrected chi connectivity index (χ4v) is 8.08. The molecule has 0 amide bonds. The summed E-state index contributed by atoms with van der Waals surface area (Å²) in [6.45, 7) is 12.1. The number of H-pyrrole nitrogens is 2. The van der Waals surface area contributed by atoms with E-state index in [2.05, 4.69) is 124 Å². The fraction of sp³-hybridized carbons (Fsp3) is 0.273. The third-order valence-electron chi connectivity index (χ3n) is 10.5. The number of aryl methyl sites for hydroxylation is 4. The van der Waals surface area contributed by atoms with Crippen LogP contribution in [0.4, 0.5) is 0 Å². The van der Waals surface area contributed by atoms with Gasteiger partial charge in [0.15, 0.2) is 0 Å². The van der Waals surface area contributed by atoms with Crippen LogP contribution in [0, 0.1) is 0 Å². The minimum atomic E-state index is 0. The molecule has 7 aromatic heterocycles. The Hall–Kier alpha value is -5.40. The smallest absolute Gasteiger partial charge is 0.0950 e. The van der Waals surface area contributed by atoms with Crippen molar-refractivity contribution < 1.29 is 0 Å². The highest BCUT2D eigenvalue weighted by atomic mass is 35.5. The van der Waals surface area contributed by atoms with Gasteiger partial charge in [-0.05, 0) is 74.3 Å². The van der Waals surface area contributed by atoms with Crippen LogP contribution in [0.1, 0.15) is 76.2 Å². The molecule has 16 heteroatoms. The van der Waals surface area contributed by atoms with Crippen molar-refractivity contribution in [3.05, 3.63) is 97.1 Å². The van der Waals surface area contributed by atoms with Crippen LogP contribution in [0.25, 0.3) is 91.4 Å². The molecule has 60 heavy (non-hydrogen) atoms. The first-order valence-electron chi connectivity index (χ1n) is 19.8. The van der Waals surface area contributed by atoms with Crippen molar-refractivity contribution >= 4 is 96.0 Å². The number of rotatable bonds is 12. The molecule has 0 aromatic carbocycles. The molecule has 0 atom stereocenters. The van der Waals surface area contributed by atoms with Gasteiger partial charge < -0.3 is 28.2 Å². The molecule has 0 saturated carbocycles. The lowest BCUT2D eigenvalue weighted by Crippen LogP contribution is -2.00. The van der Waals surface area contributed by atoms with Gasteiger partial charge in [0.2, 0.25) is 0 Å². The van der Waals surface area contributed by atoms with Crippen LogP contribution in [0.3, 0.4) is 0 Å². The molecule has 2 N–H and O–H groups in total. The summed E-state index contributed by atoms with van der Waals surface area (Å²) in [6, 6.07) is 8.62. The van der Waals surface area contributed by atoms with E-state index in [9.17, 15) is 0 Å². The molecule has 0 radical (unpaired) electrons. The highest BCUT2D eigenvalue weighted by molar-refractivity contribution is 5.98. The Kier molecular flexibility index (Phi) is 15.1. The molecule has 9 rings (SSSR count). The van der Waals surface area contributed by atoms with E-state index in [1.807, 2.05) is 50.1 Å². The molecule has 12 nitrogen and oxygen atoms in total. The molecular weight excluding hydrogens is 838 g/mol. The molecule has 8 bridgehead atoms. The van der Waals surface area contributed by atoms with E-state index in [1.165, 1.54) is 0 Å². The van der Waals surface area contributed by atoms with E-state index in [0.29, 0.717) is 0 Å². The lowest BCUT2D eigenvalue weighted by Gasteiger charge is -2.10. The van der Waals surface area contributed by atoms with Crippen LogP contribution in [-0.4, -0.2) is 58.1 Å². The Morgan fingerprint density at radius 3 is 0.833 bits per heavy atom. The predicted molar refractivity (Wildman–Crippen MR) is 254 cm³/mol. The molecule has 7 aromatic rings. The lowest BCUT2D eigenvalue weighted by molar-refractivity contribution is 0.684. The van der Waals surface area contributed by atoms with Gasteiger partial charge in [0.1, 0.15) is 0 Å². The summed E-state index contributed by atoms with van der Waals surface area (Å²) >= 11 is 0. The molecule has 0 spiro atoms. The number of nitrogens with zero attached hydrogens (tertiary/aromatic N) is 10. The van der Waals surface area contributed by atoms with Crippen LogP contribution in [-0.2, 0) is 26.2 Å². The van der Waals surface area contributed by atoms with Gasteiger partial charge in [0, 0.05) is 48.4 Å². The van der Waals surface area contributed by atoms with Gasteiger partial charge >= 0.3 is 0 Å². The van der Waals surface area contributed by atoms with Crippen LogP contribution < -0.4 is 0 Å². The third-order valence-corrected chi connectivity index (χ3v) is 10.5. The molecular formula is C44H50Cl4N12. The van der Waals surface area contributed by atoms with Gasteiger partial charge in [-0.3, -0.25) is 0 Å². The van der Waals surface area contributed by atoms with Crippen molar-refractivity contribution in [3.63, 3.8) is 0 Å². The zero-order valence-electron chi connectivity index (χ0n) is 34.0. The van der Waals surface area contributed by atoms with Gasteiger partial charge in [-0.15, -0.1) is 49.6 Å². The standard InChI is InChI=1S/C44H46N12.4ClH/c1-5-17-53-25-45-21-37(53)41-29-9-11-31(49-29)42(38-22-46-26-54(38)18-6-2)33-13-15-35(51-33)44(40-24-48-28-56(40)20-8-4)36-16-14-34(52-36)43(32-12-10-30(41)50-32)39-23-47-27-55(39)19-7-3;;;;/h9-16,21-28,49,52H,5-8,17-20H2,1-4H3;4*1H. The Morgan fingerprint density at radius 2 is 0.617 bits per heavy atom. The quantitative estimate of drug-likeness (QED) is 0.126. The van der Waals surface area contributed by atoms with E-state index in [-0.39, 0.29) is 49.6 Å². The number of hydrogen-bond acceptors (Lipinski definition) is 6. The SMILES string of the molecule is CCCn1cncc1-c1c2nc(c(-c3cncn3CCC)c3ccc([nH]3)c(-c3cncn3CCC)c3nc(c(-c4cncn4CCC)c4ccc1[nH]4)C=C3)C=C2.Cl.Cl.Cl.Cl. The topological polar surface area (TPSA) is 129 Å². The molecule has 314 valence electrons. The Morgan fingerprint density at radius 1 is 0.383 bits per heavy atom. The number of fused-ring (bicyclic) bond motifs is 8. The van der Waals surface area contributed by atoms with Crippen LogP contribution >= 0.6 is 49.6 Å². The van der Waals surface area contributed by atoms with Gasteiger partial charge in [0.25, 0.3) is 0 Å². The highest BCUT2D eigenvalue weighted by Gasteiger charge is 2.22. The molecule has 2 aliphatic heterocycles. The van der Waals surface area contributed by atoms with Crippen molar-refractivity contribution in [2.75, 3.05) is 0 Å². The van der Waals surface area contributed by atoms with E-state index < -0.39 is 0 Å². The summed E-state index contributed by atoms with van der Waals surface area (Å²) in [6.07, 6.45) is 27.9. The average molecular weight is 889 g/mol. The van der Waals surface area contributed by atoms with Crippen molar-refractivity contribution in [1.82, 2.24) is 58.1 Å². The summed E-state index contributed by atoms with van der Waals surface area (Å²) < 4.78 is 8.86. The second-order valence-corrected chi connectivity index (χ2v) is 14.4. The first-order valence-corrected chi connectivity index (χ1v) is 19.8. The Labute approximate surface area is 374 Å². The first kappa shape index (κ1) is 45.7. The number of hydrogen-bond donors (Lipinski definition) is 2. The molecule has 0 fully saturated rings. The number of aromatic amines is 2. The minimum absolute atomic E-state index is 0. The summed E-state index contributed by atoms with van der Waals surface area (Å²) in [5, 5.41) is 0. The minimum Gasteiger partial charge on any atom is -0.354 e. The first-order chi connectivity index (χ1) is 27.6. The van der Waals surface area contributed by atoms with Gasteiger partial charge in [-0.1, -0.05) is 27.7 Å². The van der Waals surface area contributed by atoms with E-state index >= 15 is 0 Å². The Bertz CT molecular complexity index is 2430. The van der Waals surface area contributed by atoms with E-state index in [4.69, 9.17) is 9.97 Å². The van der Waals surface area contributed by atoms with Crippen molar-refractivity contribution in [2.45, 2.75) is 79.6 Å². The van der Waals surface area contributed by atoms with Gasteiger partial charge in [-0.25, -0.2) is 29.9 Å². The Balaban J connectivity index is 0.00000171. The van der Waals surface area contributed by atoms with Crippen LogP contribution in [0.5, 0.6) is 0 Å². The number of aromatic nitrogens is 12. The number of imidazole rings is 4. The molecule has 0 saturated heterocycles. The third kappa shape index (κ3) is 8.21. The highest BCUT2D eigenvalue weighted by Crippen LogP contribution is 2.38. The fourth-order valence-electron chi connectivity index (χ4n) is 8.08. The van der Waals surface area contributed by atoms with Gasteiger partial charge in [-0.2, -0.15) is 0 Å². The summed E-state index contributed by atoms with van der Waals surface area (Å²) in [5.41, 5.74) is 15.1. The van der Waals surface area contributed by atoms with E-state index in [0.717, 1.165) is 142 Å². The van der Waals surface area contributed by atoms with Crippen molar-refractivity contribution in [1.29, 1.82) is 0 Å². The lowest BCUT2D eigenvalue weighted by atomic mass is 10.1. The summed E-state index contributed by atoms with van der Waals surface area (Å²) in [4.78, 5) is 37.1. The van der Waals surface area contributed by atoms with Gasteiger partial charge in [0.05, 0.1) is 118 Å². The second kappa shape index (κ2) is 19.8. The molecule has 0 unspecified atom stereocenters. The molecule has 0 aliphatic carbocycles. The van der Waals surface area contributed by atoms with Crippen molar-refractivity contribution in [2.24, 2.45) is 0 Å².